The van der Waals surface area contributed by atoms with Crippen molar-refractivity contribution in [3.63, 3.8) is 0 Å². The second-order valence-electron chi connectivity index (χ2n) is 5.93. The smallest absolute Gasteiger partial charge is 0.0178 e. The zero-order valence-corrected chi connectivity index (χ0v) is 13.4. The maximum absolute atomic E-state index is 2.22. The summed E-state index contributed by atoms with van der Waals surface area (Å²) in [4.78, 5) is 0. The molecule has 0 unspecified atom stereocenters. The second-order valence-corrected chi connectivity index (χ2v) is 5.93. The quantitative estimate of drug-likeness (QED) is 0.368. The minimum absolute atomic E-state index is 1.22. The second kappa shape index (κ2) is 6.55. The van der Waals surface area contributed by atoms with Crippen molar-refractivity contribution in [2.45, 2.75) is 0 Å². The summed E-state index contributed by atoms with van der Waals surface area (Å²) in [6, 6.07) is 30.0. The van der Waals surface area contributed by atoms with Gasteiger partial charge in [0.15, 0.2) is 0 Å². The summed E-state index contributed by atoms with van der Waals surface area (Å²) in [5.41, 5.74) is 2.44. The number of benzene rings is 4. The number of hydrogen-bond acceptors (Lipinski definition) is 0. The van der Waals surface area contributed by atoms with E-state index in [0.717, 1.165) is 0 Å². The lowest BCUT2D eigenvalue weighted by Gasteiger charge is -1.99. The van der Waals surface area contributed by atoms with Crippen LogP contribution in [0.5, 0.6) is 0 Å². The van der Waals surface area contributed by atoms with E-state index < -0.39 is 0 Å². The van der Waals surface area contributed by atoms with E-state index in [9.17, 15) is 0 Å². The normalized spacial score (nSPS) is 11.8. The van der Waals surface area contributed by atoms with Gasteiger partial charge in [0.25, 0.3) is 0 Å². The molecule has 0 spiro atoms. The molecule has 0 heteroatoms. The fraction of sp³-hybridized carbons (Fsp3) is 0. The van der Waals surface area contributed by atoms with Gasteiger partial charge in [-0.2, -0.15) is 0 Å². The van der Waals surface area contributed by atoms with Crippen molar-refractivity contribution >= 4 is 33.7 Å². The molecule has 0 N–H and O–H groups in total. The zero-order chi connectivity index (χ0) is 16.2. The highest BCUT2D eigenvalue weighted by molar-refractivity contribution is 5.85. The molecule has 114 valence electrons. The molecule has 0 radical (unpaired) electrons. The van der Waals surface area contributed by atoms with E-state index in [1.54, 1.807) is 0 Å². The Bertz CT molecular complexity index is 964. The predicted molar refractivity (Wildman–Crippen MR) is 106 cm³/mol. The molecule has 4 rings (SSSR count). The fourth-order valence-electron chi connectivity index (χ4n) is 2.96. The SMILES string of the molecule is C(C=Cc1ccc2ccccc2c1)=Cc1ccc2ccccc2c1. The van der Waals surface area contributed by atoms with Crippen LogP contribution in [0.3, 0.4) is 0 Å². The molecule has 0 nitrogen and oxygen atoms in total. The highest BCUT2D eigenvalue weighted by Gasteiger charge is 1.93. The van der Waals surface area contributed by atoms with Crippen molar-refractivity contribution in [2.24, 2.45) is 0 Å². The molecule has 0 fully saturated rings. The number of fused-ring (bicyclic) bond motifs is 2. The van der Waals surface area contributed by atoms with Gasteiger partial charge in [0, 0.05) is 0 Å². The third-order valence-corrected chi connectivity index (χ3v) is 4.24. The van der Waals surface area contributed by atoms with Gasteiger partial charge in [-0.3, -0.25) is 0 Å². The van der Waals surface area contributed by atoms with Crippen LogP contribution in [0.2, 0.25) is 0 Å². The van der Waals surface area contributed by atoms with Gasteiger partial charge < -0.3 is 0 Å². The summed E-state index contributed by atoms with van der Waals surface area (Å²) < 4.78 is 0. The Kier molecular flexibility index (Phi) is 3.95. The molecule has 0 atom stereocenters. The Morgan fingerprint density at radius 2 is 0.833 bits per heavy atom. The number of hydrogen-bond donors (Lipinski definition) is 0. The maximum atomic E-state index is 2.22. The first-order valence-electron chi connectivity index (χ1n) is 8.21. The Balaban J connectivity index is 1.53. The van der Waals surface area contributed by atoms with E-state index in [2.05, 4.69) is 109 Å². The average molecular weight is 306 g/mol. The van der Waals surface area contributed by atoms with Crippen molar-refractivity contribution < 1.29 is 0 Å². The van der Waals surface area contributed by atoms with Crippen LogP contribution in [0.4, 0.5) is 0 Å². The molecule has 4 aromatic rings. The highest BCUT2D eigenvalue weighted by Crippen LogP contribution is 2.18. The van der Waals surface area contributed by atoms with Crippen molar-refractivity contribution in [1.29, 1.82) is 0 Å². The third kappa shape index (κ3) is 3.13. The molecule has 0 aliphatic rings. The van der Waals surface area contributed by atoms with Gasteiger partial charge in [-0.25, -0.2) is 0 Å². The molecule has 0 saturated carbocycles. The maximum Gasteiger partial charge on any atom is -0.0178 e. The van der Waals surface area contributed by atoms with E-state index in [1.165, 1.54) is 32.7 Å². The molecule has 0 bridgehead atoms. The van der Waals surface area contributed by atoms with Gasteiger partial charge in [0.05, 0.1) is 0 Å². The molecule has 0 aliphatic carbocycles. The van der Waals surface area contributed by atoms with Crippen LogP contribution in [0.15, 0.2) is 97.1 Å². The molecule has 0 aliphatic heterocycles. The molecule has 0 aromatic heterocycles. The number of rotatable bonds is 3. The predicted octanol–water partition coefficient (Wildman–Crippen LogP) is 6.72. The molecule has 24 heavy (non-hydrogen) atoms. The average Bonchev–Trinajstić information content (AvgIpc) is 2.65. The number of allylic oxidation sites excluding steroid dienone is 2. The van der Waals surface area contributed by atoms with Gasteiger partial charge >= 0.3 is 0 Å². The summed E-state index contributed by atoms with van der Waals surface area (Å²) >= 11 is 0. The summed E-state index contributed by atoms with van der Waals surface area (Å²) in [7, 11) is 0. The standard InChI is InChI=1S/C24H18/c1(7-19-13-15-21-9-3-5-11-23(21)17-19)2-8-20-14-16-22-10-4-6-12-24(22)18-20/h1-18H. The topological polar surface area (TPSA) is 0 Å². The van der Waals surface area contributed by atoms with Crippen LogP contribution in [0.25, 0.3) is 33.7 Å². The van der Waals surface area contributed by atoms with Gasteiger partial charge in [-0.05, 0) is 44.8 Å². The third-order valence-electron chi connectivity index (χ3n) is 4.24. The Morgan fingerprint density at radius 1 is 0.417 bits per heavy atom. The van der Waals surface area contributed by atoms with E-state index >= 15 is 0 Å². The molecular formula is C24H18. The van der Waals surface area contributed by atoms with Crippen LogP contribution in [-0.2, 0) is 0 Å². The molecule has 4 aromatic carbocycles. The first-order chi connectivity index (χ1) is 11.9. The summed E-state index contributed by atoms with van der Waals surface area (Å²) in [5, 5.41) is 5.11. The van der Waals surface area contributed by atoms with Crippen molar-refractivity contribution in [3.05, 3.63) is 108 Å². The van der Waals surface area contributed by atoms with Gasteiger partial charge in [-0.15, -0.1) is 0 Å². The van der Waals surface area contributed by atoms with Gasteiger partial charge in [-0.1, -0.05) is 97.1 Å². The Morgan fingerprint density at radius 3 is 1.29 bits per heavy atom. The van der Waals surface area contributed by atoms with E-state index in [4.69, 9.17) is 0 Å². The Hall–Kier alpha value is -3.12. The minimum atomic E-state index is 1.22. The van der Waals surface area contributed by atoms with E-state index in [0.29, 0.717) is 0 Å². The van der Waals surface area contributed by atoms with E-state index in [-0.39, 0.29) is 0 Å². The van der Waals surface area contributed by atoms with Crippen LogP contribution >= 0.6 is 0 Å². The molecule has 0 heterocycles. The zero-order valence-electron chi connectivity index (χ0n) is 13.4. The van der Waals surface area contributed by atoms with E-state index in [1.807, 2.05) is 0 Å². The lowest BCUT2D eigenvalue weighted by Crippen LogP contribution is -1.75. The first kappa shape index (κ1) is 14.5. The largest absolute Gasteiger partial charge is 0.0617 e. The van der Waals surface area contributed by atoms with Gasteiger partial charge in [0.1, 0.15) is 0 Å². The summed E-state index contributed by atoms with van der Waals surface area (Å²) in [5.74, 6) is 0. The minimum Gasteiger partial charge on any atom is -0.0617 e. The highest BCUT2D eigenvalue weighted by atomic mass is 14.0. The summed E-state index contributed by atoms with van der Waals surface area (Å²) in [6.45, 7) is 0. The molecule has 0 amide bonds. The Labute approximate surface area is 142 Å². The lowest BCUT2D eigenvalue weighted by molar-refractivity contribution is 1.70. The van der Waals surface area contributed by atoms with Crippen LogP contribution < -0.4 is 0 Å². The van der Waals surface area contributed by atoms with Crippen molar-refractivity contribution in [3.8, 4) is 0 Å². The van der Waals surface area contributed by atoms with Crippen LogP contribution in [0, 0.1) is 0 Å². The van der Waals surface area contributed by atoms with Crippen LogP contribution in [-0.4, -0.2) is 0 Å². The van der Waals surface area contributed by atoms with Crippen molar-refractivity contribution in [1.82, 2.24) is 0 Å². The fourth-order valence-corrected chi connectivity index (χ4v) is 2.96. The first-order valence-corrected chi connectivity index (χ1v) is 8.21. The monoisotopic (exact) mass is 306 g/mol. The summed E-state index contributed by atoms with van der Waals surface area (Å²) in [6.07, 6.45) is 8.48. The molecular weight excluding hydrogens is 288 g/mol. The van der Waals surface area contributed by atoms with Gasteiger partial charge in [0.2, 0.25) is 0 Å². The molecule has 0 saturated heterocycles. The van der Waals surface area contributed by atoms with Crippen molar-refractivity contribution in [2.75, 3.05) is 0 Å². The lowest BCUT2D eigenvalue weighted by atomic mass is 10.1. The van der Waals surface area contributed by atoms with Crippen LogP contribution in [0.1, 0.15) is 11.1 Å².